The fourth-order valence-corrected chi connectivity index (χ4v) is 2.59. The second kappa shape index (κ2) is 4.46. The number of amides is 1. The topological polar surface area (TPSA) is 54.7 Å². The standard InChI is InChI=1S/C16H8ClN3O/c17-10-7-5-9(6-8-10)14-13-15(19-20-16(13)21)11-3-1-2-4-12(11)18-14/h1-8H. The quantitative estimate of drug-likeness (QED) is 0.647. The Morgan fingerprint density at radius 1 is 0.905 bits per heavy atom. The smallest absolute Gasteiger partial charge is 0.265 e. The minimum atomic E-state index is -0.354. The lowest BCUT2D eigenvalue weighted by atomic mass is 10.0. The van der Waals surface area contributed by atoms with Crippen molar-refractivity contribution in [3.05, 3.63) is 59.1 Å². The fraction of sp³-hybridized carbons (Fsp3) is 0. The number of benzene rings is 2. The molecule has 0 N–H and O–H groups in total. The van der Waals surface area contributed by atoms with Gasteiger partial charge in [0.1, 0.15) is 5.69 Å². The summed E-state index contributed by atoms with van der Waals surface area (Å²) in [4.78, 5) is 16.7. The van der Waals surface area contributed by atoms with Crippen molar-refractivity contribution in [2.45, 2.75) is 0 Å². The van der Waals surface area contributed by atoms with Crippen molar-refractivity contribution >= 4 is 34.1 Å². The fourth-order valence-electron chi connectivity index (χ4n) is 2.46. The van der Waals surface area contributed by atoms with E-state index in [1.165, 1.54) is 0 Å². The van der Waals surface area contributed by atoms with E-state index in [1.807, 2.05) is 36.4 Å². The van der Waals surface area contributed by atoms with Crippen molar-refractivity contribution in [3.63, 3.8) is 0 Å². The Hall–Kier alpha value is -2.59. The maximum absolute atomic E-state index is 12.0. The number of rotatable bonds is 1. The first-order valence-electron chi connectivity index (χ1n) is 6.39. The first-order valence-corrected chi connectivity index (χ1v) is 6.76. The third kappa shape index (κ3) is 1.84. The summed E-state index contributed by atoms with van der Waals surface area (Å²) in [6, 6.07) is 14.8. The summed E-state index contributed by atoms with van der Waals surface area (Å²) in [7, 11) is 0. The lowest BCUT2D eigenvalue weighted by Crippen LogP contribution is -1.98. The number of pyridine rings is 1. The summed E-state index contributed by atoms with van der Waals surface area (Å²) in [5.41, 5.74) is 3.25. The first kappa shape index (κ1) is 12.2. The zero-order valence-electron chi connectivity index (χ0n) is 10.7. The number of azo groups is 1. The van der Waals surface area contributed by atoms with Gasteiger partial charge in [-0.25, -0.2) is 4.98 Å². The van der Waals surface area contributed by atoms with Crippen LogP contribution in [0.4, 0.5) is 5.69 Å². The molecule has 0 unspecified atom stereocenters. The van der Waals surface area contributed by atoms with E-state index < -0.39 is 0 Å². The molecule has 100 valence electrons. The molecule has 4 rings (SSSR count). The molecule has 0 saturated carbocycles. The molecule has 5 heteroatoms. The number of nitrogens with zero attached hydrogens (tertiary/aromatic N) is 3. The zero-order chi connectivity index (χ0) is 14.4. The van der Waals surface area contributed by atoms with Crippen LogP contribution in [0.1, 0.15) is 10.4 Å². The monoisotopic (exact) mass is 293 g/mol. The molecule has 1 aromatic heterocycles. The van der Waals surface area contributed by atoms with Crippen LogP contribution in [0.25, 0.3) is 22.2 Å². The summed E-state index contributed by atoms with van der Waals surface area (Å²) < 4.78 is 0. The van der Waals surface area contributed by atoms with Crippen LogP contribution in [0.15, 0.2) is 58.8 Å². The second-order valence-corrected chi connectivity index (χ2v) is 5.15. The van der Waals surface area contributed by atoms with Gasteiger partial charge in [-0.15, -0.1) is 10.2 Å². The molecule has 3 aromatic rings. The average molecular weight is 294 g/mol. The van der Waals surface area contributed by atoms with Crippen LogP contribution in [0.5, 0.6) is 0 Å². The number of hydrogen-bond acceptors (Lipinski definition) is 3. The predicted molar refractivity (Wildman–Crippen MR) is 81.0 cm³/mol. The van der Waals surface area contributed by atoms with E-state index in [1.54, 1.807) is 12.1 Å². The Morgan fingerprint density at radius 2 is 1.67 bits per heavy atom. The highest BCUT2D eigenvalue weighted by atomic mass is 35.5. The summed E-state index contributed by atoms with van der Waals surface area (Å²) >= 11 is 5.92. The third-order valence-corrected chi connectivity index (χ3v) is 3.69. The van der Waals surface area contributed by atoms with E-state index in [9.17, 15) is 4.79 Å². The number of halogens is 1. The van der Waals surface area contributed by atoms with Crippen molar-refractivity contribution in [3.8, 4) is 11.3 Å². The molecule has 0 fully saturated rings. The van der Waals surface area contributed by atoms with E-state index in [0.29, 0.717) is 22.0 Å². The Balaban J connectivity index is 2.09. The van der Waals surface area contributed by atoms with E-state index in [0.717, 1.165) is 16.5 Å². The molecule has 0 aliphatic carbocycles. The molecular weight excluding hydrogens is 286 g/mol. The van der Waals surface area contributed by atoms with Gasteiger partial charge in [0.05, 0.1) is 16.8 Å². The van der Waals surface area contributed by atoms with Crippen LogP contribution in [0.3, 0.4) is 0 Å². The summed E-state index contributed by atoms with van der Waals surface area (Å²) in [6.07, 6.45) is 0. The zero-order valence-corrected chi connectivity index (χ0v) is 11.5. The Labute approximate surface area is 125 Å². The first-order chi connectivity index (χ1) is 10.2. The maximum Gasteiger partial charge on any atom is 0.299 e. The summed E-state index contributed by atoms with van der Waals surface area (Å²) in [6.45, 7) is 0. The van der Waals surface area contributed by atoms with Crippen molar-refractivity contribution in [2.75, 3.05) is 0 Å². The highest BCUT2D eigenvalue weighted by Crippen LogP contribution is 2.39. The minimum absolute atomic E-state index is 0.354. The van der Waals surface area contributed by atoms with Gasteiger partial charge in [-0.2, -0.15) is 0 Å². The molecule has 2 heterocycles. The molecule has 1 amide bonds. The molecule has 0 bridgehead atoms. The Bertz CT molecular complexity index is 917. The highest BCUT2D eigenvalue weighted by molar-refractivity contribution is 6.30. The second-order valence-electron chi connectivity index (χ2n) is 4.71. The van der Waals surface area contributed by atoms with E-state index in [4.69, 9.17) is 11.6 Å². The predicted octanol–water partition coefficient (Wildman–Crippen LogP) is 4.79. The van der Waals surface area contributed by atoms with Crippen molar-refractivity contribution < 1.29 is 4.79 Å². The van der Waals surface area contributed by atoms with Crippen LogP contribution in [0, 0.1) is 0 Å². The Morgan fingerprint density at radius 3 is 2.48 bits per heavy atom. The van der Waals surface area contributed by atoms with Crippen LogP contribution < -0.4 is 0 Å². The molecule has 0 atom stereocenters. The lowest BCUT2D eigenvalue weighted by Gasteiger charge is -2.08. The number of aromatic nitrogens is 1. The van der Waals surface area contributed by atoms with E-state index in [2.05, 4.69) is 15.2 Å². The number of fused-ring (bicyclic) bond motifs is 3. The molecule has 4 nitrogen and oxygen atoms in total. The normalized spacial score (nSPS) is 12.9. The number of hydrogen-bond donors (Lipinski definition) is 0. The van der Waals surface area contributed by atoms with Gasteiger partial charge in [-0.1, -0.05) is 41.9 Å². The van der Waals surface area contributed by atoms with Crippen LogP contribution in [-0.4, -0.2) is 10.9 Å². The molecular formula is C16H8ClN3O. The summed E-state index contributed by atoms with van der Waals surface area (Å²) in [5, 5.41) is 9.17. The number of carbonyl (C=O) groups is 1. The van der Waals surface area contributed by atoms with Crippen LogP contribution in [0.2, 0.25) is 5.02 Å². The van der Waals surface area contributed by atoms with Gasteiger partial charge in [0, 0.05) is 16.0 Å². The van der Waals surface area contributed by atoms with Crippen molar-refractivity contribution in [1.82, 2.24) is 4.98 Å². The van der Waals surface area contributed by atoms with Crippen molar-refractivity contribution in [1.29, 1.82) is 0 Å². The molecule has 0 saturated heterocycles. The van der Waals surface area contributed by atoms with E-state index in [-0.39, 0.29) is 5.91 Å². The Kier molecular flexibility index (Phi) is 2.59. The van der Waals surface area contributed by atoms with Gasteiger partial charge in [0.2, 0.25) is 0 Å². The largest absolute Gasteiger partial charge is 0.299 e. The molecule has 0 radical (unpaired) electrons. The highest BCUT2D eigenvalue weighted by Gasteiger charge is 2.26. The average Bonchev–Trinajstić information content (AvgIpc) is 2.90. The minimum Gasteiger partial charge on any atom is -0.265 e. The SMILES string of the molecule is O=C1N=Nc2c1c(-c1ccc(Cl)cc1)nc1ccccc21. The van der Waals surface area contributed by atoms with Crippen LogP contribution >= 0.6 is 11.6 Å². The van der Waals surface area contributed by atoms with Gasteiger partial charge < -0.3 is 0 Å². The number of carbonyl (C=O) groups excluding carboxylic acids is 1. The summed E-state index contributed by atoms with van der Waals surface area (Å²) in [5.74, 6) is -0.354. The van der Waals surface area contributed by atoms with Gasteiger partial charge in [0.25, 0.3) is 5.91 Å². The molecule has 1 aliphatic heterocycles. The third-order valence-electron chi connectivity index (χ3n) is 3.44. The van der Waals surface area contributed by atoms with Gasteiger partial charge in [-0.05, 0) is 18.2 Å². The van der Waals surface area contributed by atoms with E-state index >= 15 is 0 Å². The molecule has 1 aliphatic rings. The lowest BCUT2D eigenvalue weighted by molar-refractivity contribution is 0.100. The van der Waals surface area contributed by atoms with Gasteiger partial charge >= 0.3 is 0 Å². The van der Waals surface area contributed by atoms with Gasteiger partial charge in [-0.3, -0.25) is 4.79 Å². The molecule has 2 aromatic carbocycles. The number of para-hydroxylation sites is 1. The van der Waals surface area contributed by atoms with Gasteiger partial charge in [0.15, 0.2) is 0 Å². The maximum atomic E-state index is 12.0. The molecule has 21 heavy (non-hydrogen) atoms. The van der Waals surface area contributed by atoms with Crippen LogP contribution in [-0.2, 0) is 0 Å². The molecule has 0 spiro atoms. The van der Waals surface area contributed by atoms with Crippen molar-refractivity contribution in [2.24, 2.45) is 10.2 Å².